The molecule has 6 heteroatoms. The number of nitrogens with zero attached hydrogens (tertiary/aromatic N) is 2. The van der Waals surface area contributed by atoms with E-state index in [-0.39, 0.29) is 5.56 Å². The van der Waals surface area contributed by atoms with Gasteiger partial charge in [0.2, 0.25) is 0 Å². The smallest absolute Gasteiger partial charge is 0.280 e. The number of carbonyl (C=O) groups is 1. The van der Waals surface area contributed by atoms with Crippen LogP contribution in [-0.4, -0.2) is 15.7 Å². The van der Waals surface area contributed by atoms with Gasteiger partial charge in [0.25, 0.3) is 11.5 Å². The molecule has 3 aromatic carbocycles. The molecule has 0 radical (unpaired) electrons. The minimum absolute atomic E-state index is 0.0510. The third-order valence-electron chi connectivity index (χ3n) is 4.95. The standard InChI is InChI=1S/C25H20BrN3O2/c1-16-13-14-20(19(26)15-16)27-24(30)22-21(17-9-5-3-6-10-17)23(28-29(2)25(22)31)18-11-7-4-8-12-18/h3-15H,1-2H3,(H,27,30). The molecule has 0 aliphatic heterocycles. The van der Waals surface area contributed by atoms with Gasteiger partial charge < -0.3 is 5.32 Å². The lowest BCUT2D eigenvalue weighted by atomic mass is 9.95. The van der Waals surface area contributed by atoms with Crippen molar-refractivity contribution in [3.05, 3.63) is 105 Å². The van der Waals surface area contributed by atoms with Crippen LogP contribution in [-0.2, 0) is 7.05 Å². The third-order valence-corrected chi connectivity index (χ3v) is 5.61. The molecule has 0 unspecified atom stereocenters. The highest BCUT2D eigenvalue weighted by Gasteiger charge is 2.24. The molecular formula is C25H20BrN3O2. The molecule has 0 atom stereocenters. The van der Waals surface area contributed by atoms with E-state index in [0.29, 0.717) is 16.9 Å². The Morgan fingerprint density at radius 1 is 0.935 bits per heavy atom. The summed E-state index contributed by atoms with van der Waals surface area (Å²) in [6.45, 7) is 1.97. The second-order valence-electron chi connectivity index (χ2n) is 7.20. The first-order chi connectivity index (χ1) is 15.0. The predicted octanol–water partition coefficient (Wildman–Crippen LogP) is 5.44. The lowest BCUT2D eigenvalue weighted by Gasteiger charge is -2.16. The van der Waals surface area contributed by atoms with Crippen LogP contribution in [0.15, 0.2) is 88.1 Å². The highest BCUT2D eigenvalue weighted by atomic mass is 79.9. The Balaban J connectivity index is 1.95. The van der Waals surface area contributed by atoms with Gasteiger partial charge in [0.05, 0.1) is 11.4 Å². The van der Waals surface area contributed by atoms with E-state index >= 15 is 0 Å². The highest BCUT2D eigenvalue weighted by Crippen LogP contribution is 2.32. The molecule has 4 aromatic rings. The van der Waals surface area contributed by atoms with Crippen molar-refractivity contribution in [1.29, 1.82) is 0 Å². The molecule has 4 rings (SSSR count). The minimum Gasteiger partial charge on any atom is -0.321 e. The Kier molecular flexibility index (Phi) is 5.82. The number of aromatic nitrogens is 2. The number of amides is 1. The maximum Gasteiger partial charge on any atom is 0.280 e. The van der Waals surface area contributed by atoms with Crippen LogP contribution in [0.1, 0.15) is 15.9 Å². The van der Waals surface area contributed by atoms with E-state index in [9.17, 15) is 9.59 Å². The Hall–Kier alpha value is -3.51. The van der Waals surface area contributed by atoms with Crippen molar-refractivity contribution >= 4 is 27.5 Å². The molecule has 0 aliphatic carbocycles. The molecular weight excluding hydrogens is 454 g/mol. The fraction of sp³-hybridized carbons (Fsp3) is 0.0800. The second kappa shape index (κ2) is 8.70. The molecule has 1 N–H and O–H groups in total. The van der Waals surface area contributed by atoms with Gasteiger partial charge in [-0.05, 0) is 46.1 Å². The van der Waals surface area contributed by atoms with Crippen LogP contribution >= 0.6 is 15.9 Å². The van der Waals surface area contributed by atoms with Gasteiger partial charge in [-0.15, -0.1) is 0 Å². The lowest BCUT2D eigenvalue weighted by Crippen LogP contribution is -2.31. The average Bonchev–Trinajstić information content (AvgIpc) is 2.78. The molecule has 0 fully saturated rings. The highest BCUT2D eigenvalue weighted by molar-refractivity contribution is 9.10. The molecule has 0 saturated carbocycles. The van der Waals surface area contributed by atoms with Crippen LogP contribution in [0.3, 0.4) is 0 Å². The normalized spacial score (nSPS) is 10.7. The van der Waals surface area contributed by atoms with Crippen molar-refractivity contribution in [1.82, 2.24) is 9.78 Å². The Morgan fingerprint density at radius 3 is 2.16 bits per heavy atom. The first-order valence-electron chi connectivity index (χ1n) is 9.75. The molecule has 0 aliphatic rings. The molecule has 0 bridgehead atoms. The Morgan fingerprint density at radius 2 is 1.55 bits per heavy atom. The topological polar surface area (TPSA) is 64.0 Å². The number of hydrogen-bond acceptors (Lipinski definition) is 3. The fourth-order valence-corrected chi connectivity index (χ4v) is 4.03. The van der Waals surface area contributed by atoms with E-state index in [0.717, 1.165) is 21.2 Å². The van der Waals surface area contributed by atoms with Crippen molar-refractivity contribution in [3.8, 4) is 22.4 Å². The predicted molar refractivity (Wildman–Crippen MR) is 127 cm³/mol. The van der Waals surface area contributed by atoms with Crippen molar-refractivity contribution in [3.63, 3.8) is 0 Å². The van der Waals surface area contributed by atoms with Crippen molar-refractivity contribution in [2.24, 2.45) is 7.05 Å². The van der Waals surface area contributed by atoms with Crippen molar-refractivity contribution in [2.45, 2.75) is 6.92 Å². The quantitative estimate of drug-likeness (QED) is 0.429. The van der Waals surface area contributed by atoms with Gasteiger partial charge in [0.1, 0.15) is 5.56 Å². The van der Waals surface area contributed by atoms with E-state index in [4.69, 9.17) is 0 Å². The molecule has 1 aromatic heterocycles. The van der Waals surface area contributed by atoms with Gasteiger partial charge in [-0.3, -0.25) is 9.59 Å². The van der Waals surface area contributed by atoms with Crippen molar-refractivity contribution in [2.75, 3.05) is 5.32 Å². The summed E-state index contributed by atoms with van der Waals surface area (Å²) in [7, 11) is 1.56. The molecule has 5 nitrogen and oxygen atoms in total. The summed E-state index contributed by atoms with van der Waals surface area (Å²) in [6, 6.07) is 24.6. The second-order valence-corrected chi connectivity index (χ2v) is 8.05. The van der Waals surface area contributed by atoms with Crippen LogP contribution in [0.5, 0.6) is 0 Å². The summed E-state index contributed by atoms with van der Waals surface area (Å²) in [5.41, 5.74) is 3.89. The SMILES string of the molecule is Cc1ccc(NC(=O)c2c(-c3ccccc3)c(-c3ccccc3)nn(C)c2=O)c(Br)c1. The summed E-state index contributed by atoms with van der Waals surface area (Å²) < 4.78 is 1.96. The lowest BCUT2D eigenvalue weighted by molar-refractivity contribution is 0.102. The van der Waals surface area contributed by atoms with E-state index < -0.39 is 11.5 Å². The zero-order valence-corrected chi connectivity index (χ0v) is 18.7. The van der Waals surface area contributed by atoms with Crippen molar-refractivity contribution < 1.29 is 4.79 Å². The number of nitrogens with one attached hydrogen (secondary N) is 1. The van der Waals surface area contributed by atoms with E-state index in [1.165, 1.54) is 4.68 Å². The van der Waals surface area contributed by atoms with Crippen LogP contribution < -0.4 is 10.9 Å². The van der Waals surface area contributed by atoms with Gasteiger partial charge in [-0.25, -0.2) is 4.68 Å². The summed E-state index contributed by atoms with van der Waals surface area (Å²) >= 11 is 3.49. The molecule has 31 heavy (non-hydrogen) atoms. The molecule has 1 heterocycles. The number of rotatable bonds is 4. The van der Waals surface area contributed by atoms with Gasteiger partial charge in [-0.1, -0.05) is 66.7 Å². The van der Waals surface area contributed by atoms with Gasteiger partial charge in [0.15, 0.2) is 0 Å². The maximum absolute atomic E-state index is 13.4. The summed E-state index contributed by atoms with van der Waals surface area (Å²) in [5.74, 6) is -0.483. The molecule has 154 valence electrons. The first kappa shape index (κ1) is 20.8. The van der Waals surface area contributed by atoms with E-state index in [1.807, 2.05) is 85.8 Å². The van der Waals surface area contributed by atoms with Crippen LogP contribution in [0, 0.1) is 6.92 Å². The van der Waals surface area contributed by atoms with Crippen LogP contribution in [0.2, 0.25) is 0 Å². The first-order valence-corrected chi connectivity index (χ1v) is 10.5. The monoisotopic (exact) mass is 473 g/mol. The zero-order valence-electron chi connectivity index (χ0n) is 17.1. The van der Waals surface area contributed by atoms with Crippen LogP contribution in [0.25, 0.3) is 22.4 Å². The Bertz CT molecular complexity index is 1320. The van der Waals surface area contributed by atoms with Gasteiger partial charge in [0, 0.05) is 22.6 Å². The van der Waals surface area contributed by atoms with Gasteiger partial charge in [-0.2, -0.15) is 5.10 Å². The summed E-state index contributed by atoms with van der Waals surface area (Å²) in [4.78, 5) is 26.6. The number of aryl methyl sites for hydroxylation is 2. The van der Waals surface area contributed by atoms with E-state index in [2.05, 4.69) is 26.3 Å². The van der Waals surface area contributed by atoms with Crippen LogP contribution in [0.4, 0.5) is 5.69 Å². The summed E-state index contributed by atoms with van der Waals surface area (Å²) in [5, 5.41) is 7.40. The molecule has 0 saturated heterocycles. The number of anilines is 1. The number of hydrogen-bond donors (Lipinski definition) is 1. The molecule has 0 spiro atoms. The maximum atomic E-state index is 13.4. The fourth-order valence-electron chi connectivity index (χ4n) is 3.43. The number of benzene rings is 3. The van der Waals surface area contributed by atoms with E-state index in [1.54, 1.807) is 7.05 Å². The largest absolute Gasteiger partial charge is 0.321 e. The Labute approximate surface area is 188 Å². The minimum atomic E-state index is -0.483. The van der Waals surface area contributed by atoms with Gasteiger partial charge >= 0.3 is 0 Å². The molecule has 1 amide bonds. The average molecular weight is 474 g/mol. The zero-order chi connectivity index (χ0) is 22.0. The third kappa shape index (κ3) is 4.20. The number of carbonyl (C=O) groups excluding carboxylic acids is 1. The number of halogens is 1. The summed E-state index contributed by atoms with van der Waals surface area (Å²) in [6.07, 6.45) is 0.